The monoisotopic (exact) mass is 346 g/mol. The minimum absolute atomic E-state index is 0.200. The van der Waals surface area contributed by atoms with Gasteiger partial charge in [-0.05, 0) is 66.7 Å². The fourth-order valence-corrected chi connectivity index (χ4v) is 3.47. The molecule has 1 aromatic carbocycles. The van der Waals surface area contributed by atoms with Crippen LogP contribution in [-0.2, 0) is 11.3 Å². The maximum atomic E-state index is 13.7. The highest BCUT2D eigenvalue weighted by atomic mass is 19.1. The Labute approximate surface area is 152 Å². The number of carbonyl (C=O) groups excluding carboxylic acids is 1. The average molecular weight is 346 g/mol. The van der Waals surface area contributed by atoms with Gasteiger partial charge in [0.25, 0.3) is 5.91 Å². The molecule has 130 valence electrons. The molecule has 0 saturated carbocycles. The van der Waals surface area contributed by atoms with Gasteiger partial charge in [0.2, 0.25) is 0 Å². The predicted molar refractivity (Wildman–Crippen MR) is 103 cm³/mol. The van der Waals surface area contributed by atoms with E-state index in [9.17, 15) is 9.18 Å². The first kappa shape index (κ1) is 16.5. The molecule has 0 bridgehead atoms. The number of fused-ring (bicyclic) bond motifs is 2. The first-order valence-electron chi connectivity index (χ1n) is 8.51. The van der Waals surface area contributed by atoms with Crippen molar-refractivity contribution in [3.8, 4) is 11.1 Å². The molecule has 0 aromatic heterocycles. The SMILES string of the molecule is CN(C)Cc1cc(/C=C2\C(=O)Nc3ccc(F)cc32)c2cccccc1-2. The summed E-state index contributed by atoms with van der Waals surface area (Å²) in [6.45, 7) is 0.807. The molecule has 4 rings (SSSR count). The van der Waals surface area contributed by atoms with Crippen molar-refractivity contribution < 1.29 is 9.18 Å². The van der Waals surface area contributed by atoms with Crippen LogP contribution >= 0.6 is 0 Å². The average Bonchev–Trinajstić information content (AvgIpc) is 2.94. The molecule has 0 spiro atoms. The van der Waals surface area contributed by atoms with Crippen LogP contribution in [0, 0.1) is 5.82 Å². The van der Waals surface area contributed by atoms with Crippen LogP contribution in [-0.4, -0.2) is 24.9 Å². The van der Waals surface area contributed by atoms with Crippen LogP contribution in [0.2, 0.25) is 0 Å². The molecule has 3 nitrogen and oxygen atoms in total. The Hall–Kier alpha value is -2.98. The second-order valence-corrected chi connectivity index (χ2v) is 6.80. The third kappa shape index (κ3) is 2.89. The highest BCUT2D eigenvalue weighted by Gasteiger charge is 2.25. The topological polar surface area (TPSA) is 32.3 Å². The van der Waals surface area contributed by atoms with Gasteiger partial charge in [0.15, 0.2) is 0 Å². The van der Waals surface area contributed by atoms with Crippen molar-refractivity contribution in [3.05, 3.63) is 77.1 Å². The first-order valence-corrected chi connectivity index (χ1v) is 8.51. The molecule has 1 heterocycles. The molecule has 1 N–H and O–H groups in total. The van der Waals surface area contributed by atoms with Gasteiger partial charge in [-0.1, -0.05) is 30.3 Å². The molecule has 2 aliphatic carbocycles. The number of nitrogens with zero attached hydrogens (tertiary/aromatic N) is 1. The van der Waals surface area contributed by atoms with Crippen LogP contribution in [0.15, 0.2) is 54.6 Å². The number of hydrogen-bond donors (Lipinski definition) is 1. The van der Waals surface area contributed by atoms with Gasteiger partial charge in [-0.15, -0.1) is 0 Å². The fraction of sp³-hybridized carbons (Fsp3) is 0.136. The summed E-state index contributed by atoms with van der Waals surface area (Å²) >= 11 is 0. The quantitative estimate of drug-likeness (QED) is 0.709. The van der Waals surface area contributed by atoms with Crippen LogP contribution in [0.25, 0.3) is 22.8 Å². The number of carbonyl (C=O) groups is 1. The summed E-state index contributed by atoms with van der Waals surface area (Å²) in [5.74, 6) is -0.548. The number of amides is 1. The predicted octanol–water partition coefficient (Wildman–Crippen LogP) is 4.48. The van der Waals surface area contributed by atoms with E-state index in [4.69, 9.17) is 0 Å². The van der Waals surface area contributed by atoms with E-state index in [1.165, 1.54) is 17.7 Å². The summed E-state index contributed by atoms with van der Waals surface area (Å²) in [6, 6.07) is 16.6. The number of nitrogens with one attached hydrogen (secondary N) is 1. The molecule has 0 unspecified atom stereocenters. The van der Waals surface area contributed by atoms with Gasteiger partial charge in [0.05, 0.1) is 0 Å². The summed E-state index contributed by atoms with van der Waals surface area (Å²) in [4.78, 5) is 14.5. The lowest BCUT2D eigenvalue weighted by molar-refractivity contribution is -0.110. The van der Waals surface area contributed by atoms with Crippen molar-refractivity contribution >= 4 is 23.2 Å². The zero-order chi connectivity index (χ0) is 18.3. The third-order valence-corrected chi connectivity index (χ3v) is 4.58. The maximum Gasteiger partial charge on any atom is 0.256 e. The van der Waals surface area contributed by atoms with Crippen LogP contribution in [0.4, 0.5) is 10.1 Å². The Kier molecular flexibility index (Phi) is 4.05. The van der Waals surface area contributed by atoms with Crippen molar-refractivity contribution in [1.82, 2.24) is 4.90 Å². The summed E-state index contributed by atoms with van der Waals surface area (Å²) < 4.78 is 13.7. The Balaban J connectivity index is 1.87. The molecule has 4 heteroatoms. The minimum Gasteiger partial charge on any atom is -0.321 e. The van der Waals surface area contributed by atoms with E-state index < -0.39 is 0 Å². The summed E-state index contributed by atoms with van der Waals surface area (Å²) in [5.41, 5.74) is 6.16. The molecular weight excluding hydrogens is 327 g/mol. The van der Waals surface area contributed by atoms with E-state index in [0.717, 1.165) is 23.2 Å². The zero-order valence-corrected chi connectivity index (χ0v) is 14.7. The van der Waals surface area contributed by atoms with Crippen molar-refractivity contribution in [1.29, 1.82) is 0 Å². The molecule has 0 saturated heterocycles. The van der Waals surface area contributed by atoms with Crippen molar-refractivity contribution in [3.63, 3.8) is 0 Å². The van der Waals surface area contributed by atoms with Crippen LogP contribution in [0.5, 0.6) is 0 Å². The Morgan fingerprint density at radius 2 is 1.77 bits per heavy atom. The van der Waals surface area contributed by atoms with Gasteiger partial charge >= 0.3 is 0 Å². The van der Waals surface area contributed by atoms with Gasteiger partial charge in [-0.25, -0.2) is 4.39 Å². The molecule has 26 heavy (non-hydrogen) atoms. The second-order valence-electron chi connectivity index (χ2n) is 6.80. The lowest BCUT2D eigenvalue weighted by Gasteiger charge is -2.09. The van der Waals surface area contributed by atoms with Gasteiger partial charge in [-0.3, -0.25) is 4.79 Å². The fourth-order valence-electron chi connectivity index (χ4n) is 3.47. The molecule has 0 atom stereocenters. The van der Waals surface area contributed by atoms with E-state index in [0.29, 0.717) is 16.8 Å². The Bertz CT molecular complexity index is 1010. The van der Waals surface area contributed by atoms with Gasteiger partial charge < -0.3 is 10.2 Å². The lowest BCUT2D eigenvalue weighted by Crippen LogP contribution is -2.10. The normalized spacial score (nSPS) is 14.9. The van der Waals surface area contributed by atoms with Gasteiger partial charge in [0.1, 0.15) is 5.82 Å². The third-order valence-electron chi connectivity index (χ3n) is 4.58. The highest BCUT2D eigenvalue weighted by Crippen LogP contribution is 2.38. The number of halogens is 1. The van der Waals surface area contributed by atoms with Crippen LogP contribution in [0.3, 0.4) is 0 Å². The van der Waals surface area contributed by atoms with E-state index in [-0.39, 0.29) is 11.7 Å². The number of hydrogen-bond acceptors (Lipinski definition) is 2. The largest absolute Gasteiger partial charge is 0.321 e. The van der Waals surface area contributed by atoms with Gasteiger partial charge in [-0.2, -0.15) is 0 Å². The molecular formula is C22H19FN2O. The van der Waals surface area contributed by atoms with E-state index in [2.05, 4.69) is 28.4 Å². The maximum absolute atomic E-state index is 13.7. The van der Waals surface area contributed by atoms with Gasteiger partial charge in [0, 0.05) is 23.4 Å². The van der Waals surface area contributed by atoms with Crippen LogP contribution in [0.1, 0.15) is 16.7 Å². The van der Waals surface area contributed by atoms with E-state index in [1.807, 2.05) is 38.4 Å². The molecule has 0 fully saturated rings. The number of rotatable bonds is 3. The molecule has 1 aliphatic heterocycles. The smallest absolute Gasteiger partial charge is 0.256 e. The summed E-state index contributed by atoms with van der Waals surface area (Å²) in [5, 5.41) is 2.81. The Morgan fingerprint density at radius 3 is 2.54 bits per heavy atom. The molecule has 1 aromatic rings. The molecule has 3 aliphatic rings. The standard InChI is InChI=1S/C22H19FN2O/c1-25(2)13-15-10-14(17-6-4-3-5-7-18(15)17)11-20-19-12-16(23)8-9-21(19)24-22(20)26/h3-12H,13H2,1-2H3,(H,24,26)/b20-11-. The molecule has 1 amide bonds. The lowest BCUT2D eigenvalue weighted by atomic mass is 10.0. The van der Waals surface area contributed by atoms with Crippen molar-refractivity contribution in [2.75, 3.05) is 19.4 Å². The summed E-state index contributed by atoms with van der Waals surface area (Å²) in [7, 11) is 4.06. The zero-order valence-electron chi connectivity index (χ0n) is 14.7. The van der Waals surface area contributed by atoms with Crippen LogP contribution < -0.4 is 5.32 Å². The second kappa shape index (κ2) is 6.39. The Morgan fingerprint density at radius 1 is 1.00 bits per heavy atom. The van der Waals surface area contributed by atoms with Crippen molar-refractivity contribution in [2.24, 2.45) is 0 Å². The number of anilines is 1. The van der Waals surface area contributed by atoms with E-state index in [1.54, 1.807) is 6.07 Å². The molecule has 0 radical (unpaired) electrons. The van der Waals surface area contributed by atoms with E-state index >= 15 is 0 Å². The highest BCUT2D eigenvalue weighted by molar-refractivity contribution is 6.35. The minimum atomic E-state index is -0.349. The van der Waals surface area contributed by atoms with Crippen molar-refractivity contribution in [2.45, 2.75) is 6.54 Å². The first-order chi connectivity index (χ1) is 12.5. The number of benzene rings is 1. The summed E-state index contributed by atoms with van der Waals surface area (Å²) in [6.07, 6.45) is 1.86.